The predicted molar refractivity (Wildman–Crippen MR) is 113 cm³/mol. The van der Waals surface area contributed by atoms with Gasteiger partial charge in [0, 0.05) is 30.6 Å². The van der Waals surface area contributed by atoms with E-state index in [0.717, 1.165) is 4.68 Å². The quantitative estimate of drug-likeness (QED) is 0.387. The van der Waals surface area contributed by atoms with Gasteiger partial charge in [-0.2, -0.15) is 23.4 Å². The van der Waals surface area contributed by atoms with E-state index in [2.05, 4.69) is 20.5 Å². The van der Waals surface area contributed by atoms with Gasteiger partial charge in [-0.05, 0) is 31.7 Å². The number of hydrogen-bond acceptors (Lipinski definition) is 5. The molecule has 1 N–H and O–H groups in total. The Morgan fingerprint density at radius 3 is 2.63 bits per heavy atom. The van der Waals surface area contributed by atoms with Crippen LogP contribution in [-0.2, 0) is 6.54 Å². The minimum absolute atomic E-state index is 0.0865. The third-order valence-corrected chi connectivity index (χ3v) is 6.29. The van der Waals surface area contributed by atoms with Crippen LogP contribution < -0.4 is 5.32 Å². The number of aryl methyl sites for hydroxylation is 1. The Morgan fingerprint density at radius 1 is 1.26 bits per heavy atom. The monoisotopic (exact) mass is 498 g/mol. The van der Waals surface area contributed by atoms with E-state index in [1.807, 2.05) is 0 Å². The zero-order valence-electron chi connectivity index (χ0n) is 18.7. The average molecular weight is 498 g/mol. The Bertz CT molecular complexity index is 1220. The third-order valence-electron chi connectivity index (χ3n) is 6.29. The molecule has 3 heterocycles. The van der Waals surface area contributed by atoms with Crippen molar-refractivity contribution < 1.29 is 31.5 Å². The van der Waals surface area contributed by atoms with Crippen molar-refractivity contribution in [1.82, 2.24) is 29.7 Å². The summed E-state index contributed by atoms with van der Waals surface area (Å²) in [5.41, 5.74) is 1.37. The van der Waals surface area contributed by atoms with Crippen LogP contribution in [0.3, 0.4) is 0 Å². The lowest BCUT2D eigenvalue weighted by atomic mass is 9.81. The fourth-order valence-corrected chi connectivity index (χ4v) is 4.30. The van der Waals surface area contributed by atoms with Crippen molar-refractivity contribution in [2.45, 2.75) is 63.7 Å². The van der Waals surface area contributed by atoms with E-state index in [0.29, 0.717) is 23.2 Å². The van der Waals surface area contributed by atoms with Crippen LogP contribution in [0.25, 0.3) is 5.65 Å². The molecular weight excluding hydrogens is 475 g/mol. The van der Waals surface area contributed by atoms with Crippen LogP contribution in [0.1, 0.15) is 70.2 Å². The normalized spacial score (nSPS) is 17.4. The Balaban J connectivity index is 1.60. The lowest BCUT2D eigenvalue weighted by Gasteiger charge is -2.33. The number of carbonyl (C=O) groups is 2. The van der Waals surface area contributed by atoms with Gasteiger partial charge >= 0.3 is 6.18 Å². The highest BCUT2D eigenvalue weighted by Crippen LogP contribution is 2.41. The molecule has 1 fully saturated rings. The first-order valence-electron chi connectivity index (χ1n) is 11.0. The van der Waals surface area contributed by atoms with Crippen LogP contribution in [0.4, 0.5) is 22.0 Å². The van der Waals surface area contributed by atoms with Crippen molar-refractivity contribution in [3.05, 3.63) is 47.2 Å². The van der Waals surface area contributed by atoms with E-state index in [1.165, 1.54) is 29.9 Å². The van der Waals surface area contributed by atoms with Gasteiger partial charge in [0.15, 0.2) is 11.9 Å². The van der Waals surface area contributed by atoms with Crippen LogP contribution in [-0.4, -0.2) is 48.7 Å². The number of nitrogens with one attached hydrogen (secondary N) is 1. The van der Waals surface area contributed by atoms with Gasteiger partial charge in [0.1, 0.15) is 0 Å². The summed E-state index contributed by atoms with van der Waals surface area (Å²) in [7, 11) is 0. The number of halogens is 5. The number of imidazole rings is 1. The van der Waals surface area contributed by atoms with Gasteiger partial charge < -0.3 is 5.32 Å². The Morgan fingerprint density at radius 2 is 1.97 bits per heavy atom. The minimum Gasteiger partial charge on any atom is -0.343 e. The first-order valence-corrected chi connectivity index (χ1v) is 11.0. The molecule has 3 aromatic rings. The Labute approximate surface area is 196 Å². The van der Waals surface area contributed by atoms with Gasteiger partial charge in [0.05, 0.1) is 42.3 Å². The summed E-state index contributed by atoms with van der Waals surface area (Å²) in [5.74, 6) is -3.73. The number of fused-ring (bicyclic) bond motifs is 1. The number of hydrogen-bond donors (Lipinski definition) is 1. The summed E-state index contributed by atoms with van der Waals surface area (Å²) in [4.78, 5) is 28.6. The molecule has 35 heavy (non-hydrogen) atoms. The summed E-state index contributed by atoms with van der Waals surface area (Å²) < 4.78 is 67.9. The fourth-order valence-electron chi connectivity index (χ4n) is 4.30. The summed E-state index contributed by atoms with van der Waals surface area (Å²) in [6.45, 7) is 1.06. The predicted octanol–water partition coefficient (Wildman–Crippen LogP) is 4.30. The van der Waals surface area contributed by atoms with Crippen molar-refractivity contribution in [1.29, 1.82) is 0 Å². The summed E-state index contributed by atoms with van der Waals surface area (Å²) in [5, 5.41) is 10.8. The topological polar surface area (TPSA) is 94.2 Å². The molecule has 0 unspecified atom stereocenters. The van der Waals surface area contributed by atoms with E-state index in [1.54, 1.807) is 6.20 Å². The summed E-state index contributed by atoms with van der Waals surface area (Å²) in [6.07, 6.45) is -1.13. The molecule has 0 bridgehead atoms. The number of aromatic nitrogens is 5. The second-order valence-electron chi connectivity index (χ2n) is 8.75. The van der Waals surface area contributed by atoms with Crippen LogP contribution in [0.5, 0.6) is 0 Å². The number of alkyl halides is 5. The molecule has 1 atom stereocenters. The number of rotatable bonds is 7. The van der Waals surface area contributed by atoms with Gasteiger partial charge in [-0.15, -0.1) is 0 Å². The molecule has 3 aromatic heterocycles. The zero-order valence-corrected chi connectivity index (χ0v) is 18.7. The van der Waals surface area contributed by atoms with E-state index in [4.69, 9.17) is 0 Å². The highest BCUT2D eigenvalue weighted by molar-refractivity contribution is 5.95. The molecule has 0 aliphatic heterocycles. The lowest BCUT2D eigenvalue weighted by molar-refractivity contribution is -0.137. The first-order chi connectivity index (χ1) is 16.5. The summed E-state index contributed by atoms with van der Waals surface area (Å²) in [6, 6.07) is 0.754. The van der Waals surface area contributed by atoms with Gasteiger partial charge in [0.25, 0.3) is 5.91 Å². The van der Waals surface area contributed by atoms with Crippen LogP contribution in [0.15, 0.2) is 24.7 Å². The summed E-state index contributed by atoms with van der Waals surface area (Å²) >= 11 is 0. The van der Waals surface area contributed by atoms with Crippen molar-refractivity contribution in [2.75, 3.05) is 0 Å². The molecular formula is C22H23F5N6O2. The Hall–Kier alpha value is -3.38. The van der Waals surface area contributed by atoms with Gasteiger partial charge in [-0.25, -0.2) is 18.3 Å². The van der Waals surface area contributed by atoms with Crippen molar-refractivity contribution in [3.63, 3.8) is 0 Å². The number of amides is 1. The molecule has 4 rings (SSSR count). The fraction of sp³-hybridized carbons (Fsp3) is 0.500. The number of aldehydes is 1. The van der Waals surface area contributed by atoms with Gasteiger partial charge in [-0.1, -0.05) is 0 Å². The number of nitrogens with zero attached hydrogens (tertiary/aromatic N) is 5. The molecule has 1 aliphatic rings. The average Bonchev–Trinajstić information content (AvgIpc) is 3.38. The molecule has 13 heteroatoms. The van der Waals surface area contributed by atoms with E-state index in [-0.39, 0.29) is 42.9 Å². The van der Waals surface area contributed by atoms with Crippen molar-refractivity contribution in [2.24, 2.45) is 5.92 Å². The molecule has 188 valence electrons. The zero-order chi connectivity index (χ0) is 25.4. The standard InChI is InChI=1S/C22H23F5N6O2/c1-13-16(10-29-32(13)7-6-22(25,26)27)20(35)31-19(15-2-4-21(23,24)5-3-15)17-11-33-18(30-17)8-14(12-34)9-28-33/h8-12,15,19H,2-7H2,1H3,(H,31,35)/t19-/m0/s1. The van der Waals surface area contributed by atoms with Crippen LogP contribution in [0, 0.1) is 12.8 Å². The maximum Gasteiger partial charge on any atom is 0.390 e. The smallest absolute Gasteiger partial charge is 0.343 e. The van der Waals surface area contributed by atoms with Crippen molar-refractivity contribution in [3.8, 4) is 0 Å². The molecule has 0 radical (unpaired) electrons. The maximum atomic E-state index is 13.8. The second kappa shape index (κ2) is 9.34. The first kappa shape index (κ1) is 24.7. The van der Waals surface area contributed by atoms with Crippen LogP contribution >= 0.6 is 0 Å². The van der Waals surface area contributed by atoms with Gasteiger partial charge in [-0.3, -0.25) is 14.3 Å². The van der Waals surface area contributed by atoms with Crippen LogP contribution in [0.2, 0.25) is 0 Å². The highest BCUT2D eigenvalue weighted by atomic mass is 19.4. The Kier molecular flexibility index (Phi) is 6.60. The minimum atomic E-state index is -4.37. The molecule has 1 amide bonds. The van der Waals surface area contributed by atoms with E-state index in [9.17, 15) is 31.5 Å². The largest absolute Gasteiger partial charge is 0.390 e. The van der Waals surface area contributed by atoms with E-state index >= 15 is 0 Å². The maximum absolute atomic E-state index is 13.8. The number of carbonyl (C=O) groups excluding carboxylic acids is 2. The van der Waals surface area contributed by atoms with E-state index < -0.39 is 37.0 Å². The lowest BCUT2D eigenvalue weighted by Crippen LogP contribution is -2.37. The van der Waals surface area contributed by atoms with Gasteiger partial charge in [0.2, 0.25) is 5.92 Å². The third kappa shape index (κ3) is 5.65. The molecule has 0 aromatic carbocycles. The molecule has 1 saturated carbocycles. The molecule has 0 saturated heterocycles. The van der Waals surface area contributed by atoms with Crippen molar-refractivity contribution >= 4 is 17.8 Å². The molecule has 1 aliphatic carbocycles. The SMILES string of the molecule is Cc1c(C(=O)N[C@H](c2cn3ncc(C=O)cc3n2)C2CCC(F)(F)CC2)cnn1CCC(F)(F)F. The molecule has 0 spiro atoms. The second-order valence-corrected chi connectivity index (χ2v) is 8.75. The highest BCUT2D eigenvalue weighted by Gasteiger charge is 2.39. The molecule has 8 nitrogen and oxygen atoms in total.